The van der Waals surface area contributed by atoms with E-state index in [0.29, 0.717) is 22.6 Å². The Morgan fingerprint density at radius 1 is 1.03 bits per heavy atom. The van der Waals surface area contributed by atoms with E-state index in [1.807, 2.05) is 39.0 Å². The van der Waals surface area contributed by atoms with Gasteiger partial charge in [0.05, 0.1) is 17.7 Å². The maximum absolute atomic E-state index is 13.2. The average Bonchev–Trinajstić information content (AvgIpc) is 3.05. The van der Waals surface area contributed by atoms with Crippen molar-refractivity contribution in [2.45, 2.75) is 32.9 Å². The lowest BCUT2D eigenvalue weighted by molar-refractivity contribution is -0.132. The lowest BCUT2D eigenvalue weighted by atomic mass is 9.96. The Morgan fingerprint density at radius 3 is 2.38 bits per heavy atom. The zero-order valence-corrected chi connectivity index (χ0v) is 18.1. The highest BCUT2D eigenvalue weighted by Gasteiger charge is 2.47. The molecule has 1 amide bonds. The Balaban J connectivity index is 1.87. The quantitative estimate of drug-likeness (QED) is 0.359. The molecule has 1 saturated heterocycles. The van der Waals surface area contributed by atoms with Crippen molar-refractivity contribution in [3.63, 3.8) is 0 Å². The van der Waals surface area contributed by atoms with Crippen molar-refractivity contribution in [1.82, 2.24) is 4.98 Å². The van der Waals surface area contributed by atoms with Crippen LogP contribution in [0, 0.1) is 6.92 Å². The second-order valence-corrected chi connectivity index (χ2v) is 7.93. The van der Waals surface area contributed by atoms with Gasteiger partial charge in [-0.15, -0.1) is 0 Å². The van der Waals surface area contributed by atoms with Gasteiger partial charge in [-0.3, -0.25) is 19.5 Å². The summed E-state index contributed by atoms with van der Waals surface area (Å²) >= 11 is 0. The Kier molecular flexibility index (Phi) is 5.77. The molecular formula is C26H24N2O4. The van der Waals surface area contributed by atoms with Crippen LogP contribution in [0.2, 0.25) is 0 Å². The molecule has 2 aromatic carbocycles. The van der Waals surface area contributed by atoms with E-state index in [1.54, 1.807) is 54.9 Å². The van der Waals surface area contributed by atoms with Crippen molar-refractivity contribution in [2.75, 3.05) is 4.90 Å². The van der Waals surface area contributed by atoms with Gasteiger partial charge < -0.3 is 9.84 Å². The Hall–Kier alpha value is -3.93. The molecule has 0 aliphatic carbocycles. The molecule has 1 aliphatic rings. The molecule has 0 saturated carbocycles. The first-order valence-corrected chi connectivity index (χ1v) is 10.4. The number of benzene rings is 2. The number of pyridine rings is 1. The van der Waals surface area contributed by atoms with Crippen LogP contribution in [-0.2, 0) is 9.59 Å². The number of para-hydroxylation sites is 1. The van der Waals surface area contributed by atoms with Crippen molar-refractivity contribution in [3.05, 3.63) is 95.3 Å². The Bertz CT molecular complexity index is 1180. The highest BCUT2D eigenvalue weighted by Crippen LogP contribution is 2.42. The molecule has 0 spiro atoms. The van der Waals surface area contributed by atoms with E-state index in [0.717, 1.165) is 5.56 Å². The van der Waals surface area contributed by atoms with E-state index in [9.17, 15) is 14.7 Å². The van der Waals surface area contributed by atoms with E-state index in [-0.39, 0.29) is 17.4 Å². The first kappa shape index (κ1) is 21.3. The van der Waals surface area contributed by atoms with Gasteiger partial charge in [0.25, 0.3) is 11.7 Å². The number of Topliss-reactive ketones (excluding diaryl/α,β-unsaturated/α-hetero) is 1. The molecule has 0 radical (unpaired) electrons. The van der Waals surface area contributed by atoms with Crippen molar-refractivity contribution < 1.29 is 19.4 Å². The van der Waals surface area contributed by atoms with E-state index in [4.69, 9.17) is 4.74 Å². The van der Waals surface area contributed by atoms with Gasteiger partial charge in [0, 0.05) is 23.6 Å². The third kappa shape index (κ3) is 3.87. The van der Waals surface area contributed by atoms with Crippen LogP contribution in [0.15, 0.2) is 78.6 Å². The Morgan fingerprint density at radius 2 is 1.75 bits per heavy atom. The van der Waals surface area contributed by atoms with E-state index < -0.39 is 17.7 Å². The van der Waals surface area contributed by atoms with Crippen molar-refractivity contribution in [1.29, 1.82) is 0 Å². The van der Waals surface area contributed by atoms with Gasteiger partial charge in [0.2, 0.25) is 0 Å². The number of ketones is 1. The van der Waals surface area contributed by atoms with Gasteiger partial charge in [0.1, 0.15) is 11.5 Å². The minimum atomic E-state index is -0.795. The molecule has 1 aliphatic heterocycles. The summed E-state index contributed by atoms with van der Waals surface area (Å²) < 4.78 is 5.66. The van der Waals surface area contributed by atoms with E-state index in [2.05, 4.69) is 4.98 Å². The van der Waals surface area contributed by atoms with Gasteiger partial charge in [-0.05, 0) is 68.3 Å². The summed E-state index contributed by atoms with van der Waals surface area (Å²) in [5.41, 5.74) is 2.56. The van der Waals surface area contributed by atoms with Crippen LogP contribution in [0.5, 0.6) is 5.75 Å². The number of carbonyl (C=O) groups is 2. The SMILES string of the molecule is Cc1ccccc1N1C(=O)C(=O)/C(=C(/O)c2ccc(OC(C)C)cc2)C1c1cccnc1. The molecule has 2 heterocycles. The number of amides is 1. The zero-order valence-electron chi connectivity index (χ0n) is 18.1. The molecule has 6 nitrogen and oxygen atoms in total. The third-order valence-electron chi connectivity index (χ3n) is 5.32. The number of rotatable bonds is 5. The predicted molar refractivity (Wildman–Crippen MR) is 122 cm³/mol. The maximum atomic E-state index is 13.2. The highest BCUT2D eigenvalue weighted by molar-refractivity contribution is 6.51. The van der Waals surface area contributed by atoms with Gasteiger partial charge >= 0.3 is 0 Å². The molecular weight excluding hydrogens is 404 g/mol. The van der Waals surface area contributed by atoms with Crippen LogP contribution >= 0.6 is 0 Å². The topological polar surface area (TPSA) is 79.7 Å². The Labute approximate surface area is 186 Å². The summed E-state index contributed by atoms with van der Waals surface area (Å²) in [6.07, 6.45) is 3.24. The fourth-order valence-corrected chi connectivity index (χ4v) is 3.89. The molecule has 1 unspecified atom stereocenters. The van der Waals surface area contributed by atoms with Crippen LogP contribution in [0.3, 0.4) is 0 Å². The largest absolute Gasteiger partial charge is 0.507 e. The molecule has 1 atom stereocenters. The molecule has 4 rings (SSSR count). The highest BCUT2D eigenvalue weighted by atomic mass is 16.5. The van der Waals surface area contributed by atoms with Gasteiger partial charge in [-0.2, -0.15) is 0 Å². The van der Waals surface area contributed by atoms with Gasteiger partial charge in [-0.1, -0.05) is 24.3 Å². The summed E-state index contributed by atoms with van der Waals surface area (Å²) in [6.45, 7) is 5.73. The smallest absolute Gasteiger partial charge is 0.300 e. The number of aryl methyl sites for hydroxylation is 1. The maximum Gasteiger partial charge on any atom is 0.300 e. The third-order valence-corrected chi connectivity index (χ3v) is 5.32. The van der Waals surface area contributed by atoms with Crippen molar-refractivity contribution in [3.8, 4) is 5.75 Å². The standard InChI is InChI=1S/C26H24N2O4/c1-16(2)32-20-12-10-18(11-13-20)24(29)22-23(19-8-6-14-27-15-19)28(26(31)25(22)30)21-9-5-4-7-17(21)3/h4-16,23,29H,1-3H3/b24-22+. The molecule has 1 fully saturated rings. The minimum absolute atomic E-state index is 0.0134. The fraction of sp³-hybridized carbons (Fsp3) is 0.192. The number of aromatic nitrogens is 1. The van der Waals surface area contributed by atoms with Crippen LogP contribution in [0.25, 0.3) is 5.76 Å². The fourth-order valence-electron chi connectivity index (χ4n) is 3.89. The van der Waals surface area contributed by atoms with Gasteiger partial charge in [-0.25, -0.2) is 0 Å². The summed E-state index contributed by atoms with van der Waals surface area (Å²) in [5, 5.41) is 11.2. The molecule has 0 bridgehead atoms. The first-order chi connectivity index (χ1) is 15.4. The van der Waals surface area contributed by atoms with Crippen molar-refractivity contribution in [2.24, 2.45) is 0 Å². The summed E-state index contributed by atoms with van der Waals surface area (Å²) in [4.78, 5) is 31.9. The van der Waals surface area contributed by atoms with Crippen LogP contribution in [0.4, 0.5) is 5.69 Å². The van der Waals surface area contributed by atoms with E-state index in [1.165, 1.54) is 4.90 Å². The van der Waals surface area contributed by atoms with Gasteiger partial charge in [0.15, 0.2) is 0 Å². The summed E-state index contributed by atoms with van der Waals surface area (Å²) in [7, 11) is 0. The predicted octanol–water partition coefficient (Wildman–Crippen LogP) is 4.80. The molecule has 6 heteroatoms. The van der Waals surface area contributed by atoms with Crippen molar-refractivity contribution >= 4 is 23.1 Å². The number of hydrogen-bond acceptors (Lipinski definition) is 5. The van der Waals surface area contributed by atoms with E-state index >= 15 is 0 Å². The number of nitrogens with zero attached hydrogens (tertiary/aromatic N) is 2. The number of ether oxygens (including phenoxy) is 1. The number of aliphatic hydroxyl groups excluding tert-OH is 1. The average molecular weight is 428 g/mol. The zero-order chi connectivity index (χ0) is 22.8. The lowest BCUT2D eigenvalue weighted by Gasteiger charge is -2.26. The molecule has 3 aromatic rings. The number of hydrogen-bond donors (Lipinski definition) is 1. The lowest BCUT2D eigenvalue weighted by Crippen LogP contribution is -2.30. The number of anilines is 1. The van der Waals surface area contributed by atoms with Crippen LogP contribution < -0.4 is 9.64 Å². The molecule has 1 aromatic heterocycles. The second kappa shape index (κ2) is 8.67. The van der Waals surface area contributed by atoms with Crippen LogP contribution in [-0.4, -0.2) is 27.9 Å². The molecule has 162 valence electrons. The summed E-state index contributed by atoms with van der Waals surface area (Å²) in [6, 6.07) is 16.9. The van der Waals surface area contributed by atoms with Crippen LogP contribution in [0.1, 0.15) is 36.6 Å². The number of carbonyl (C=O) groups excluding carboxylic acids is 2. The number of aliphatic hydroxyl groups is 1. The molecule has 32 heavy (non-hydrogen) atoms. The molecule has 1 N–H and O–H groups in total. The minimum Gasteiger partial charge on any atom is -0.507 e. The normalized spacial score (nSPS) is 17.8. The summed E-state index contributed by atoms with van der Waals surface area (Å²) in [5.74, 6) is -0.998. The second-order valence-electron chi connectivity index (χ2n) is 7.93. The first-order valence-electron chi connectivity index (χ1n) is 10.4. The monoisotopic (exact) mass is 428 g/mol.